The molecule has 0 bridgehead atoms. The maximum absolute atomic E-state index is 5.93. The molecule has 0 saturated heterocycles. The fourth-order valence-electron chi connectivity index (χ4n) is 2.75. The Kier molecular flexibility index (Phi) is 7.90. The lowest BCUT2D eigenvalue weighted by Crippen LogP contribution is -2.36. The fourth-order valence-corrected chi connectivity index (χ4v) is 2.75. The van der Waals surface area contributed by atoms with Gasteiger partial charge >= 0.3 is 0 Å². The van der Waals surface area contributed by atoms with E-state index in [9.17, 15) is 0 Å². The first kappa shape index (κ1) is 21.0. The van der Waals surface area contributed by atoms with Crippen LogP contribution in [0.3, 0.4) is 0 Å². The van der Waals surface area contributed by atoms with E-state index in [2.05, 4.69) is 33.6 Å². The van der Waals surface area contributed by atoms with Crippen molar-refractivity contribution < 1.29 is 9.15 Å². The van der Waals surface area contributed by atoms with E-state index in [-0.39, 0.29) is 24.0 Å². The number of nitrogens with zero attached hydrogens (tertiary/aromatic N) is 2. The Hall–Kier alpha value is -2.29. The van der Waals surface area contributed by atoms with E-state index in [0.717, 1.165) is 27.9 Å². The third-order valence-corrected chi connectivity index (χ3v) is 4.13. The van der Waals surface area contributed by atoms with Crippen LogP contribution in [0.25, 0.3) is 11.0 Å². The number of pyridine rings is 1. The Morgan fingerprint density at radius 1 is 1.19 bits per heavy atom. The van der Waals surface area contributed by atoms with Crippen molar-refractivity contribution in [2.45, 2.75) is 26.9 Å². The van der Waals surface area contributed by atoms with Gasteiger partial charge in [0.1, 0.15) is 11.3 Å². The SMILES string of the molecule is CCOc1cc(CNC(=NC)NCc2oc3ccccc3c2C)ccn1.I. The number of benzene rings is 1. The largest absolute Gasteiger partial charge is 0.478 e. The highest BCUT2D eigenvalue weighted by Crippen LogP contribution is 2.24. The highest BCUT2D eigenvalue weighted by molar-refractivity contribution is 14.0. The van der Waals surface area contributed by atoms with E-state index < -0.39 is 0 Å². The number of para-hydroxylation sites is 1. The maximum Gasteiger partial charge on any atom is 0.213 e. The zero-order chi connectivity index (χ0) is 18.4. The highest BCUT2D eigenvalue weighted by atomic mass is 127. The predicted molar refractivity (Wildman–Crippen MR) is 119 cm³/mol. The second-order valence-electron chi connectivity index (χ2n) is 5.86. The first-order chi connectivity index (χ1) is 12.7. The molecule has 3 rings (SSSR count). The zero-order valence-corrected chi connectivity index (χ0v) is 18.1. The molecule has 2 heterocycles. The molecule has 0 spiro atoms. The summed E-state index contributed by atoms with van der Waals surface area (Å²) >= 11 is 0. The number of guanidine groups is 1. The average molecular weight is 480 g/mol. The van der Waals surface area contributed by atoms with Gasteiger partial charge < -0.3 is 19.8 Å². The first-order valence-corrected chi connectivity index (χ1v) is 8.70. The summed E-state index contributed by atoms with van der Waals surface area (Å²) < 4.78 is 11.4. The van der Waals surface area contributed by atoms with Crippen LogP contribution in [0.5, 0.6) is 5.88 Å². The van der Waals surface area contributed by atoms with Gasteiger partial charge in [0.25, 0.3) is 0 Å². The summed E-state index contributed by atoms with van der Waals surface area (Å²) in [6.45, 7) is 5.82. The molecule has 0 unspecified atom stereocenters. The van der Waals surface area contributed by atoms with E-state index in [1.165, 1.54) is 0 Å². The summed E-state index contributed by atoms with van der Waals surface area (Å²) in [6.07, 6.45) is 1.75. The topological polar surface area (TPSA) is 71.7 Å². The minimum Gasteiger partial charge on any atom is -0.478 e. The van der Waals surface area contributed by atoms with Crippen LogP contribution >= 0.6 is 24.0 Å². The average Bonchev–Trinajstić information content (AvgIpc) is 2.99. The van der Waals surface area contributed by atoms with Gasteiger partial charge in [0.2, 0.25) is 5.88 Å². The van der Waals surface area contributed by atoms with Crippen molar-refractivity contribution in [1.82, 2.24) is 15.6 Å². The zero-order valence-electron chi connectivity index (χ0n) is 15.8. The summed E-state index contributed by atoms with van der Waals surface area (Å²) in [4.78, 5) is 8.44. The second kappa shape index (κ2) is 10.1. The molecule has 7 heteroatoms. The van der Waals surface area contributed by atoms with Gasteiger partial charge in [-0.25, -0.2) is 4.98 Å². The molecule has 0 atom stereocenters. The molecule has 2 aromatic heterocycles. The second-order valence-corrected chi connectivity index (χ2v) is 5.86. The summed E-state index contributed by atoms with van der Waals surface area (Å²) in [6, 6.07) is 11.9. The maximum atomic E-state index is 5.93. The fraction of sp³-hybridized carbons (Fsp3) is 0.300. The molecule has 1 aromatic carbocycles. The molecule has 0 aliphatic rings. The minimum absolute atomic E-state index is 0. The molecule has 2 N–H and O–H groups in total. The number of aromatic nitrogens is 1. The van der Waals surface area contributed by atoms with Crippen molar-refractivity contribution in [3.05, 3.63) is 59.5 Å². The molecule has 0 aliphatic heterocycles. The number of rotatable bonds is 6. The van der Waals surface area contributed by atoms with Crippen LogP contribution in [0.15, 0.2) is 52.0 Å². The van der Waals surface area contributed by atoms with Gasteiger partial charge in [-0.2, -0.15) is 0 Å². The van der Waals surface area contributed by atoms with E-state index in [1.807, 2.05) is 37.3 Å². The molecule has 0 amide bonds. The number of ether oxygens (including phenoxy) is 1. The van der Waals surface area contributed by atoms with Gasteiger partial charge in [-0.3, -0.25) is 4.99 Å². The minimum atomic E-state index is 0. The molecule has 144 valence electrons. The lowest BCUT2D eigenvalue weighted by Gasteiger charge is -2.12. The smallest absolute Gasteiger partial charge is 0.213 e. The normalized spacial score (nSPS) is 11.1. The van der Waals surface area contributed by atoms with Gasteiger partial charge in [0.15, 0.2) is 5.96 Å². The Bertz CT molecular complexity index is 908. The van der Waals surface area contributed by atoms with Crippen LogP contribution in [0.1, 0.15) is 23.8 Å². The quantitative estimate of drug-likeness (QED) is 0.317. The number of aliphatic imine (C=N–C) groups is 1. The van der Waals surface area contributed by atoms with Crippen molar-refractivity contribution in [3.8, 4) is 5.88 Å². The van der Waals surface area contributed by atoms with Crippen LogP contribution < -0.4 is 15.4 Å². The number of halogens is 1. The summed E-state index contributed by atoms with van der Waals surface area (Å²) in [7, 11) is 1.75. The van der Waals surface area contributed by atoms with Crippen molar-refractivity contribution in [3.63, 3.8) is 0 Å². The van der Waals surface area contributed by atoms with Crippen LogP contribution in [-0.2, 0) is 13.1 Å². The standard InChI is InChI=1S/C20H24N4O2.HI/c1-4-25-19-11-15(9-10-22-19)12-23-20(21-3)24-13-18-14(2)16-7-5-6-8-17(16)26-18;/h5-11H,4,12-13H2,1-3H3,(H2,21,23,24);1H. The Morgan fingerprint density at radius 3 is 2.70 bits per heavy atom. The van der Waals surface area contributed by atoms with Crippen LogP contribution in [0, 0.1) is 6.92 Å². The Morgan fingerprint density at radius 2 is 1.96 bits per heavy atom. The molecule has 3 aromatic rings. The predicted octanol–water partition coefficient (Wildman–Crippen LogP) is 4.02. The number of aryl methyl sites for hydroxylation is 1. The molecule has 0 saturated carbocycles. The third-order valence-electron chi connectivity index (χ3n) is 4.13. The third kappa shape index (κ3) is 5.35. The lowest BCUT2D eigenvalue weighted by atomic mass is 10.1. The summed E-state index contributed by atoms with van der Waals surface area (Å²) in [5.74, 6) is 2.25. The van der Waals surface area contributed by atoms with Gasteiger partial charge in [-0.05, 0) is 31.5 Å². The Labute approximate surface area is 176 Å². The van der Waals surface area contributed by atoms with E-state index >= 15 is 0 Å². The van der Waals surface area contributed by atoms with Gasteiger partial charge in [-0.15, -0.1) is 24.0 Å². The summed E-state index contributed by atoms with van der Waals surface area (Å²) in [5, 5.41) is 7.73. The first-order valence-electron chi connectivity index (χ1n) is 8.70. The molecule has 0 fully saturated rings. The lowest BCUT2D eigenvalue weighted by molar-refractivity contribution is 0.326. The molecular weight excluding hydrogens is 455 g/mol. The van der Waals surface area contributed by atoms with Crippen molar-refractivity contribution in [2.24, 2.45) is 4.99 Å². The van der Waals surface area contributed by atoms with Gasteiger partial charge in [-0.1, -0.05) is 18.2 Å². The molecule has 0 aliphatic carbocycles. The highest BCUT2D eigenvalue weighted by Gasteiger charge is 2.10. The van der Waals surface area contributed by atoms with Crippen molar-refractivity contribution in [1.29, 1.82) is 0 Å². The number of hydrogen-bond acceptors (Lipinski definition) is 4. The van der Waals surface area contributed by atoms with Crippen molar-refractivity contribution >= 4 is 40.9 Å². The van der Waals surface area contributed by atoms with E-state index in [1.54, 1.807) is 13.2 Å². The van der Waals surface area contributed by atoms with E-state index in [4.69, 9.17) is 9.15 Å². The number of hydrogen-bond donors (Lipinski definition) is 2. The number of fused-ring (bicyclic) bond motifs is 1. The van der Waals surface area contributed by atoms with Crippen LogP contribution in [0.4, 0.5) is 0 Å². The summed E-state index contributed by atoms with van der Waals surface area (Å²) in [5.41, 5.74) is 3.13. The molecule has 27 heavy (non-hydrogen) atoms. The van der Waals surface area contributed by atoms with Gasteiger partial charge in [0, 0.05) is 36.8 Å². The Balaban J connectivity index is 0.00000261. The van der Waals surface area contributed by atoms with Gasteiger partial charge in [0.05, 0.1) is 13.2 Å². The van der Waals surface area contributed by atoms with Crippen LogP contribution in [0.2, 0.25) is 0 Å². The van der Waals surface area contributed by atoms with Crippen LogP contribution in [-0.4, -0.2) is 24.6 Å². The van der Waals surface area contributed by atoms with Crippen molar-refractivity contribution in [2.75, 3.05) is 13.7 Å². The molecule has 0 radical (unpaired) electrons. The number of furan rings is 1. The molecule has 6 nitrogen and oxygen atoms in total. The van der Waals surface area contributed by atoms with E-state index in [0.29, 0.717) is 31.5 Å². The number of nitrogens with one attached hydrogen (secondary N) is 2. The molecular formula is C20H25IN4O2. The monoisotopic (exact) mass is 480 g/mol.